The summed E-state index contributed by atoms with van der Waals surface area (Å²) >= 11 is 0. The van der Waals surface area contributed by atoms with Gasteiger partial charge >= 0.3 is 0 Å². The molecular formula is C14H18N2O6. The van der Waals surface area contributed by atoms with Crippen molar-refractivity contribution in [2.75, 3.05) is 26.9 Å². The molecule has 1 atom stereocenters. The second kappa shape index (κ2) is 7.60. The SMILES string of the molecule is COc1cc([N+](=O)[O-])ccc1OCC(=O)NCC1CCCO1. The second-order valence-corrected chi connectivity index (χ2v) is 4.82. The maximum atomic E-state index is 11.7. The van der Waals surface area contributed by atoms with Crippen LogP contribution in [0.1, 0.15) is 12.8 Å². The molecule has 1 amide bonds. The fourth-order valence-corrected chi connectivity index (χ4v) is 2.12. The summed E-state index contributed by atoms with van der Waals surface area (Å²) in [5, 5.41) is 13.4. The van der Waals surface area contributed by atoms with Crippen molar-refractivity contribution < 1.29 is 23.9 Å². The molecule has 8 heteroatoms. The van der Waals surface area contributed by atoms with E-state index >= 15 is 0 Å². The van der Waals surface area contributed by atoms with Crippen molar-refractivity contribution in [3.8, 4) is 11.5 Å². The van der Waals surface area contributed by atoms with Gasteiger partial charge in [0.1, 0.15) is 0 Å². The number of ether oxygens (including phenoxy) is 3. The summed E-state index contributed by atoms with van der Waals surface area (Å²) in [5.74, 6) is 0.206. The van der Waals surface area contributed by atoms with Crippen molar-refractivity contribution in [1.82, 2.24) is 5.32 Å². The van der Waals surface area contributed by atoms with Gasteiger partial charge in [0.2, 0.25) is 0 Å². The number of methoxy groups -OCH3 is 1. The van der Waals surface area contributed by atoms with Gasteiger partial charge in [-0.2, -0.15) is 0 Å². The maximum absolute atomic E-state index is 11.7. The summed E-state index contributed by atoms with van der Waals surface area (Å²) in [4.78, 5) is 21.9. The molecule has 8 nitrogen and oxygen atoms in total. The molecule has 0 aromatic heterocycles. The molecule has 1 unspecified atom stereocenters. The average Bonchev–Trinajstić information content (AvgIpc) is 3.04. The van der Waals surface area contributed by atoms with Crippen LogP contribution in [-0.4, -0.2) is 43.8 Å². The Balaban J connectivity index is 1.84. The number of hydrogen-bond donors (Lipinski definition) is 1. The smallest absolute Gasteiger partial charge is 0.273 e. The lowest BCUT2D eigenvalue weighted by Gasteiger charge is -2.12. The number of nitrogens with one attached hydrogen (secondary N) is 1. The van der Waals surface area contributed by atoms with Crippen molar-refractivity contribution in [1.29, 1.82) is 0 Å². The number of nitrogens with zero attached hydrogens (tertiary/aromatic N) is 1. The molecule has 1 N–H and O–H groups in total. The molecule has 1 heterocycles. The standard InChI is InChI=1S/C14H18N2O6/c1-20-13-7-10(16(18)19)4-5-12(13)22-9-14(17)15-8-11-3-2-6-21-11/h4-5,7,11H,2-3,6,8-9H2,1H3,(H,15,17). The Hall–Kier alpha value is -2.35. The van der Waals surface area contributed by atoms with E-state index in [-0.39, 0.29) is 35.8 Å². The number of amides is 1. The van der Waals surface area contributed by atoms with E-state index in [1.165, 1.54) is 25.3 Å². The number of benzene rings is 1. The minimum atomic E-state index is -0.527. The molecule has 2 rings (SSSR count). The largest absolute Gasteiger partial charge is 0.493 e. The van der Waals surface area contributed by atoms with Crippen LogP contribution in [0.3, 0.4) is 0 Å². The van der Waals surface area contributed by atoms with Crippen LogP contribution in [-0.2, 0) is 9.53 Å². The summed E-state index contributed by atoms with van der Waals surface area (Å²) in [6.45, 7) is 0.998. The minimum Gasteiger partial charge on any atom is -0.493 e. The molecule has 0 radical (unpaired) electrons. The van der Waals surface area contributed by atoms with E-state index in [1.807, 2.05) is 0 Å². The molecule has 1 aromatic carbocycles. The third-order valence-electron chi connectivity index (χ3n) is 3.27. The molecule has 1 fully saturated rings. The van der Waals surface area contributed by atoms with Gasteiger partial charge in [0.05, 0.1) is 24.2 Å². The van der Waals surface area contributed by atoms with Gasteiger partial charge in [-0.15, -0.1) is 0 Å². The molecule has 22 heavy (non-hydrogen) atoms. The lowest BCUT2D eigenvalue weighted by molar-refractivity contribution is -0.384. The Morgan fingerprint density at radius 1 is 1.50 bits per heavy atom. The van der Waals surface area contributed by atoms with Gasteiger partial charge in [-0.05, 0) is 18.9 Å². The molecule has 1 aliphatic heterocycles. The zero-order valence-corrected chi connectivity index (χ0v) is 12.2. The predicted molar refractivity (Wildman–Crippen MR) is 77.1 cm³/mol. The van der Waals surface area contributed by atoms with Gasteiger partial charge in [-0.1, -0.05) is 0 Å². The Bertz CT molecular complexity index is 542. The monoisotopic (exact) mass is 310 g/mol. The van der Waals surface area contributed by atoms with Gasteiger partial charge in [-0.3, -0.25) is 14.9 Å². The van der Waals surface area contributed by atoms with Crippen molar-refractivity contribution in [3.63, 3.8) is 0 Å². The van der Waals surface area contributed by atoms with Crippen LogP contribution in [0.4, 0.5) is 5.69 Å². The predicted octanol–water partition coefficient (Wildman–Crippen LogP) is 1.28. The fraction of sp³-hybridized carbons (Fsp3) is 0.500. The molecule has 0 spiro atoms. The Labute approximate surface area is 127 Å². The molecule has 1 saturated heterocycles. The summed E-state index contributed by atoms with van der Waals surface area (Å²) < 4.78 is 15.8. The lowest BCUT2D eigenvalue weighted by atomic mass is 10.2. The number of non-ortho nitro benzene ring substituents is 1. The Morgan fingerprint density at radius 2 is 2.32 bits per heavy atom. The number of hydrogen-bond acceptors (Lipinski definition) is 6. The van der Waals surface area contributed by atoms with E-state index in [1.54, 1.807) is 0 Å². The van der Waals surface area contributed by atoms with E-state index in [9.17, 15) is 14.9 Å². The second-order valence-electron chi connectivity index (χ2n) is 4.82. The highest BCUT2D eigenvalue weighted by molar-refractivity contribution is 5.77. The van der Waals surface area contributed by atoms with Gasteiger partial charge in [-0.25, -0.2) is 0 Å². The lowest BCUT2D eigenvalue weighted by Crippen LogP contribution is -2.35. The molecule has 1 aromatic rings. The van der Waals surface area contributed by atoms with Gasteiger partial charge in [0, 0.05) is 19.2 Å². The van der Waals surface area contributed by atoms with Gasteiger partial charge in [0.15, 0.2) is 18.1 Å². The number of nitro groups is 1. The van der Waals surface area contributed by atoms with E-state index in [0.29, 0.717) is 6.54 Å². The average molecular weight is 310 g/mol. The van der Waals surface area contributed by atoms with Crippen molar-refractivity contribution in [2.45, 2.75) is 18.9 Å². The fourth-order valence-electron chi connectivity index (χ4n) is 2.12. The zero-order valence-electron chi connectivity index (χ0n) is 12.2. The maximum Gasteiger partial charge on any atom is 0.273 e. The first kappa shape index (κ1) is 16.0. The Kier molecular flexibility index (Phi) is 5.54. The Morgan fingerprint density at radius 3 is 2.95 bits per heavy atom. The third-order valence-corrected chi connectivity index (χ3v) is 3.27. The molecule has 0 bridgehead atoms. The zero-order chi connectivity index (χ0) is 15.9. The van der Waals surface area contributed by atoms with Crippen LogP contribution in [0, 0.1) is 10.1 Å². The van der Waals surface area contributed by atoms with E-state index < -0.39 is 4.92 Å². The van der Waals surface area contributed by atoms with Crippen molar-refractivity contribution in [2.24, 2.45) is 0 Å². The van der Waals surface area contributed by atoms with Crippen LogP contribution in [0.5, 0.6) is 11.5 Å². The minimum absolute atomic E-state index is 0.0675. The van der Waals surface area contributed by atoms with Crippen LogP contribution in [0.25, 0.3) is 0 Å². The van der Waals surface area contributed by atoms with E-state index in [4.69, 9.17) is 14.2 Å². The molecule has 0 aliphatic carbocycles. The van der Waals surface area contributed by atoms with Crippen molar-refractivity contribution in [3.05, 3.63) is 28.3 Å². The van der Waals surface area contributed by atoms with Gasteiger partial charge < -0.3 is 19.5 Å². The molecule has 120 valence electrons. The molecule has 1 aliphatic rings. The molecular weight excluding hydrogens is 292 g/mol. The number of carbonyl (C=O) groups excluding carboxylic acids is 1. The van der Waals surface area contributed by atoms with Crippen LogP contribution < -0.4 is 14.8 Å². The third kappa shape index (κ3) is 4.32. The van der Waals surface area contributed by atoms with E-state index in [2.05, 4.69) is 5.32 Å². The first-order valence-electron chi connectivity index (χ1n) is 6.93. The van der Waals surface area contributed by atoms with Gasteiger partial charge in [0.25, 0.3) is 11.6 Å². The van der Waals surface area contributed by atoms with E-state index in [0.717, 1.165) is 19.4 Å². The molecule has 0 saturated carbocycles. The highest BCUT2D eigenvalue weighted by atomic mass is 16.6. The summed E-state index contributed by atoms with van der Waals surface area (Å²) in [6, 6.07) is 3.95. The number of rotatable bonds is 7. The first-order chi connectivity index (χ1) is 10.6. The normalized spacial score (nSPS) is 17.0. The summed E-state index contributed by atoms with van der Waals surface area (Å²) in [5.41, 5.74) is -0.105. The quantitative estimate of drug-likeness (QED) is 0.601. The van der Waals surface area contributed by atoms with Crippen LogP contribution >= 0.6 is 0 Å². The summed E-state index contributed by atoms with van der Waals surface area (Å²) in [7, 11) is 1.38. The van der Waals surface area contributed by atoms with Crippen LogP contribution in [0.15, 0.2) is 18.2 Å². The number of nitro benzene ring substituents is 1. The first-order valence-corrected chi connectivity index (χ1v) is 6.93. The summed E-state index contributed by atoms with van der Waals surface area (Å²) in [6.07, 6.45) is 2.02. The topological polar surface area (TPSA) is 99.9 Å². The highest BCUT2D eigenvalue weighted by Crippen LogP contribution is 2.30. The number of carbonyl (C=O) groups is 1. The highest BCUT2D eigenvalue weighted by Gasteiger charge is 2.17. The van der Waals surface area contributed by atoms with Crippen LogP contribution in [0.2, 0.25) is 0 Å². The van der Waals surface area contributed by atoms with Crippen molar-refractivity contribution >= 4 is 11.6 Å².